The lowest BCUT2D eigenvalue weighted by atomic mass is 9.94. The summed E-state index contributed by atoms with van der Waals surface area (Å²) in [5, 5.41) is 13.8. The molecule has 3 aliphatic rings. The quantitative estimate of drug-likeness (QED) is 0.909. The van der Waals surface area contributed by atoms with E-state index in [9.17, 15) is 9.90 Å². The van der Waals surface area contributed by atoms with Gasteiger partial charge in [-0.1, -0.05) is 0 Å². The molecule has 5 rings (SSSR count). The molecule has 1 aromatic heterocycles. The number of nitrogens with one attached hydrogen (secondary N) is 1. The molecule has 3 unspecified atom stereocenters. The van der Waals surface area contributed by atoms with Crippen molar-refractivity contribution in [2.24, 2.45) is 5.92 Å². The van der Waals surface area contributed by atoms with Gasteiger partial charge in [0.2, 0.25) is 5.91 Å². The Morgan fingerprint density at radius 1 is 1.38 bits per heavy atom. The Labute approximate surface area is 141 Å². The molecule has 0 radical (unpaired) electrons. The number of furan rings is 1. The second kappa shape index (κ2) is 6.13. The van der Waals surface area contributed by atoms with Crippen LogP contribution in [0.15, 0.2) is 28.9 Å². The lowest BCUT2D eigenvalue weighted by Crippen LogP contribution is -2.41. The van der Waals surface area contributed by atoms with Gasteiger partial charge >= 0.3 is 0 Å². The van der Waals surface area contributed by atoms with Crippen LogP contribution in [0.5, 0.6) is 5.75 Å². The van der Waals surface area contributed by atoms with Crippen molar-refractivity contribution in [3.05, 3.63) is 30.0 Å². The van der Waals surface area contributed by atoms with Gasteiger partial charge in [-0.05, 0) is 43.7 Å². The van der Waals surface area contributed by atoms with Gasteiger partial charge in [0.05, 0.1) is 6.26 Å². The van der Waals surface area contributed by atoms with Gasteiger partial charge in [0.1, 0.15) is 11.3 Å². The summed E-state index contributed by atoms with van der Waals surface area (Å²) in [7, 11) is 0. The van der Waals surface area contributed by atoms with Crippen LogP contribution < -0.4 is 5.32 Å². The summed E-state index contributed by atoms with van der Waals surface area (Å²) >= 11 is 0. The maximum atomic E-state index is 11.4. The minimum Gasteiger partial charge on any atom is -0.508 e. The highest BCUT2D eigenvalue weighted by molar-refractivity contribution is 5.82. The van der Waals surface area contributed by atoms with Crippen LogP contribution in [0.25, 0.3) is 11.0 Å². The third-order valence-corrected chi connectivity index (χ3v) is 5.51. The van der Waals surface area contributed by atoms with Crippen LogP contribution >= 0.6 is 0 Å². The van der Waals surface area contributed by atoms with Crippen molar-refractivity contribution in [2.45, 2.75) is 51.2 Å². The lowest BCUT2D eigenvalue weighted by Gasteiger charge is -2.36. The molecule has 2 aromatic rings. The fourth-order valence-electron chi connectivity index (χ4n) is 4.48. The fourth-order valence-corrected chi connectivity index (χ4v) is 4.48. The molecule has 2 saturated heterocycles. The number of nitrogens with zero attached hydrogens (tertiary/aromatic N) is 1. The van der Waals surface area contributed by atoms with E-state index in [0.717, 1.165) is 36.9 Å². The van der Waals surface area contributed by atoms with Crippen molar-refractivity contribution in [3.63, 3.8) is 0 Å². The van der Waals surface area contributed by atoms with Gasteiger partial charge in [-0.2, -0.15) is 0 Å². The number of benzene rings is 1. The number of hydrogen-bond acceptors (Lipinski definition) is 4. The number of phenolic OH excluding ortho intramolecular Hbond substituents is 1. The third-order valence-electron chi connectivity index (χ3n) is 5.51. The summed E-state index contributed by atoms with van der Waals surface area (Å²) in [6.45, 7) is 3.56. The molecule has 24 heavy (non-hydrogen) atoms. The Balaban J connectivity index is 1.53. The molecule has 128 valence electrons. The zero-order valence-electron chi connectivity index (χ0n) is 14.0. The van der Waals surface area contributed by atoms with E-state index in [4.69, 9.17) is 4.42 Å². The van der Waals surface area contributed by atoms with Crippen molar-refractivity contribution in [3.8, 4) is 5.75 Å². The smallest absolute Gasteiger partial charge is 0.217 e. The van der Waals surface area contributed by atoms with Crippen molar-refractivity contribution in [1.29, 1.82) is 0 Å². The van der Waals surface area contributed by atoms with Gasteiger partial charge in [-0.3, -0.25) is 9.69 Å². The van der Waals surface area contributed by atoms with Gasteiger partial charge in [0.15, 0.2) is 0 Å². The Morgan fingerprint density at radius 2 is 2.25 bits per heavy atom. The molecule has 1 amide bonds. The summed E-state index contributed by atoms with van der Waals surface area (Å²) < 4.78 is 5.61. The van der Waals surface area contributed by atoms with Crippen LogP contribution in [0.4, 0.5) is 0 Å². The average molecular weight is 328 g/mol. The summed E-state index contributed by atoms with van der Waals surface area (Å²) in [6.07, 6.45) is 6.40. The molecule has 3 fully saturated rings. The van der Waals surface area contributed by atoms with Gasteiger partial charge in [0, 0.05) is 49.1 Å². The highest BCUT2D eigenvalue weighted by atomic mass is 16.3. The SMILES string of the molecule is CC(=O)NC1CC2CCC(C1)N(Cc1coc3cc(O)ccc13)C2. The number of amides is 1. The predicted molar refractivity (Wildman–Crippen MR) is 91.6 cm³/mol. The number of carbonyl (C=O) groups excluding carboxylic acids is 1. The van der Waals surface area contributed by atoms with Crippen LogP contribution in [0.3, 0.4) is 0 Å². The van der Waals surface area contributed by atoms with Crippen molar-refractivity contribution >= 4 is 16.9 Å². The highest BCUT2D eigenvalue weighted by Crippen LogP contribution is 2.35. The first kappa shape index (κ1) is 15.5. The molecule has 1 aliphatic carbocycles. The Bertz CT molecular complexity index is 754. The number of hydrogen-bond donors (Lipinski definition) is 2. The summed E-state index contributed by atoms with van der Waals surface area (Å²) in [5.74, 6) is 0.965. The second-order valence-electron chi connectivity index (χ2n) is 7.34. The van der Waals surface area contributed by atoms with E-state index < -0.39 is 0 Å². The summed E-state index contributed by atoms with van der Waals surface area (Å²) in [6, 6.07) is 6.13. The largest absolute Gasteiger partial charge is 0.508 e. The van der Waals surface area contributed by atoms with Crippen LogP contribution in [-0.2, 0) is 11.3 Å². The zero-order chi connectivity index (χ0) is 16.7. The second-order valence-corrected chi connectivity index (χ2v) is 7.34. The monoisotopic (exact) mass is 328 g/mol. The molecule has 2 aliphatic heterocycles. The number of phenols is 1. The van der Waals surface area contributed by atoms with Crippen LogP contribution in [-0.4, -0.2) is 34.5 Å². The first-order chi connectivity index (χ1) is 11.6. The van der Waals surface area contributed by atoms with Gasteiger partial charge in [0.25, 0.3) is 0 Å². The number of aromatic hydroxyl groups is 1. The van der Waals surface area contributed by atoms with Crippen LogP contribution in [0.1, 0.15) is 38.2 Å². The zero-order valence-corrected chi connectivity index (χ0v) is 14.0. The Kier molecular flexibility index (Phi) is 3.96. The minimum absolute atomic E-state index is 0.0773. The molecular formula is C19H24N2O3. The van der Waals surface area contributed by atoms with E-state index in [1.54, 1.807) is 19.1 Å². The summed E-state index contributed by atoms with van der Waals surface area (Å²) in [5.41, 5.74) is 1.91. The van der Waals surface area contributed by atoms with Gasteiger partial charge in [-0.25, -0.2) is 0 Å². The van der Waals surface area contributed by atoms with Gasteiger partial charge < -0.3 is 14.8 Å². The molecule has 1 aromatic carbocycles. The van der Waals surface area contributed by atoms with E-state index in [1.807, 2.05) is 12.3 Å². The first-order valence-corrected chi connectivity index (χ1v) is 8.78. The topological polar surface area (TPSA) is 65.7 Å². The van der Waals surface area contributed by atoms with Crippen molar-refractivity contribution in [2.75, 3.05) is 6.54 Å². The molecule has 3 atom stereocenters. The maximum absolute atomic E-state index is 11.4. The van der Waals surface area contributed by atoms with E-state index >= 15 is 0 Å². The number of carbonyl (C=O) groups is 1. The Hall–Kier alpha value is -2.01. The Morgan fingerprint density at radius 3 is 3.08 bits per heavy atom. The molecule has 5 nitrogen and oxygen atoms in total. The number of piperidine rings is 1. The van der Waals surface area contributed by atoms with Crippen LogP contribution in [0, 0.1) is 5.92 Å². The molecule has 2 bridgehead atoms. The minimum atomic E-state index is 0.0773. The number of fused-ring (bicyclic) bond motifs is 5. The molecule has 0 spiro atoms. The van der Waals surface area contributed by atoms with E-state index in [-0.39, 0.29) is 11.7 Å². The van der Waals surface area contributed by atoms with Crippen molar-refractivity contribution in [1.82, 2.24) is 10.2 Å². The van der Waals surface area contributed by atoms with Crippen molar-refractivity contribution < 1.29 is 14.3 Å². The van der Waals surface area contributed by atoms with E-state index in [2.05, 4.69) is 10.2 Å². The molecule has 2 N–H and O–H groups in total. The highest BCUT2D eigenvalue weighted by Gasteiger charge is 2.36. The fraction of sp³-hybridized carbons (Fsp3) is 0.526. The summed E-state index contributed by atoms with van der Waals surface area (Å²) in [4.78, 5) is 14.0. The molecular weight excluding hydrogens is 304 g/mol. The number of rotatable bonds is 3. The lowest BCUT2D eigenvalue weighted by molar-refractivity contribution is -0.119. The molecule has 5 heteroatoms. The maximum Gasteiger partial charge on any atom is 0.217 e. The molecule has 3 heterocycles. The van der Waals surface area contributed by atoms with Crippen LogP contribution in [0.2, 0.25) is 0 Å². The standard InChI is InChI=1S/C19H24N2O3/c1-12(22)20-15-6-13-2-3-16(7-15)21(9-13)10-14-11-24-19-8-17(23)4-5-18(14)19/h4-5,8,11,13,15-16,23H,2-3,6-7,9-10H2,1H3,(H,20,22). The predicted octanol–water partition coefficient (Wildman–Crippen LogP) is 3.02. The molecule has 1 saturated carbocycles. The average Bonchev–Trinajstić information content (AvgIpc) is 2.71. The van der Waals surface area contributed by atoms with E-state index in [0.29, 0.717) is 18.0 Å². The van der Waals surface area contributed by atoms with Gasteiger partial charge in [-0.15, -0.1) is 0 Å². The third kappa shape index (κ3) is 3.00. The first-order valence-electron chi connectivity index (χ1n) is 8.78. The van der Waals surface area contributed by atoms with E-state index in [1.165, 1.54) is 18.4 Å². The normalized spacial score (nSPS) is 27.3.